The zero-order chi connectivity index (χ0) is 17.5. The molecule has 22 heavy (non-hydrogen) atoms. The standard InChI is InChI=1S/C22H36/c1-19(2,3)15-13-14(16(15)20(4,5)6)18(22(10,11)12)17(13)21(7,8)9/h1-12H3. The molecule has 0 nitrogen and oxygen atoms in total. The first-order valence-electron chi connectivity index (χ1n) is 8.75. The second kappa shape index (κ2) is 4.40. The van der Waals surface area contributed by atoms with Crippen LogP contribution in [0.5, 0.6) is 0 Å². The summed E-state index contributed by atoms with van der Waals surface area (Å²) in [5, 5.41) is 3.21. The Morgan fingerprint density at radius 1 is 0.318 bits per heavy atom. The smallest absolute Gasteiger partial charge is 0.00966 e. The topological polar surface area (TPSA) is 0 Å². The van der Waals surface area contributed by atoms with Gasteiger partial charge in [-0.25, -0.2) is 0 Å². The number of rotatable bonds is 0. The molecule has 0 saturated heterocycles. The van der Waals surface area contributed by atoms with E-state index in [4.69, 9.17) is 0 Å². The second-order valence-electron chi connectivity index (χ2n) is 11.2. The van der Waals surface area contributed by atoms with Crippen LogP contribution in [0.2, 0.25) is 0 Å². The first kappa shape index (κ1) is 17.6. The van der Waals surface area contributed by atoms with Crippen LogP contribution in [0, 0.1) is 10.4 Å². The summed E-state index contributed by atoms with van der Waals surface area (Å²) in [6.45, 7) is 28.4. The first-order valence-corrected chi connectivity index (χ1v) is 8.75. The van der Waals surface area contributed by atoms with Crippen molar-refractivity contribution in [3.05, 3.63) is 32.7 Å². The van der Waals surface area contributed by atoms with Crippen molar-refractivity contribution in [2.75, 3.05) is 0 Å². The van der Waals surface area contributed by atoms with Crippen molar-refractivity contribution in [3.63, 3.8) is 0 Å². The molecule has 0 fully saturated rings. The van der Waals surface area contributed by atoms with Gasteiger partial charge >= 0.3 is 0 Å². The van der Waals surface area contributed by atoms with Crippen LogP contribution in [-0.4, -0.2) is 0 Å². The summed E-state index contributed by atoms with van der Waals surface area (Å²) in [5.74, 6) is 0. The molecule has 2 aliphatic rings. The van der Waals surface area contributed by atoms with Crippen molar-refractivity contribution in [3.8, 4) is 0 Å². The van der Waals surface area contributed by atoms with Crippen LogP contribution in [0.3, 0.4) is 0 Å². The van der Waals surface area contributed by atoms with Crippen LogP contribution in [0.25, 0.3) is 0 Å². The van der Waals surface area contributed by atoms with Gasteiger partial charge < -0.3 is 0 Å². The Morgan fingerprint density at radius 3 is 0.545 bits per heavy atom. The molecular weight excluding hydrogens is 264 g/mol. The summed E-state index contributed by atoms with van der Waals surface area (Å²) in [6, 6.07) is 0. The van der Waals surface area contributed by atoms with Gasteiger partial charge in [-0.15, -0.1) is 0 Å². The SMILES string of the molecule is CC(C)(C)c1c(C(C)(C)C)c2c(C(C)(C)C)c(C(C)(C)C)c1=2. The number of hydrogen-bond donors (Lipinski definition) is 0. The van der Waals surface area contributed by atoms with Gasteiger partial charge in [0.2, 0.25) is 0 Å². The van der Waals surface area contributed by atoms with Gasteiger partial charge in [-0.1, -0.05) is 83.1 Å². The van der Waals surface area contributed by atoms with E-state index in [9.17, 15) is 0 Å². The maximum atomic E-state index is 2.37. The van der Waals surface area contributed by atoms with E-state index in [1.165, 1.54) is 0 Å². The van der Waals surface area contributed by atoms with E-state index in [0.717, 1.165) is 0 Å². The molecule has 124 valence electrons. The third-order valence-corrected chi connectivity index (χ3v) is 4.75. The Kier molecular flexibility index (Phi) is 3.51. The normalized spacial score (nSPS) is 15.3. The van der Waals surface area contributed by atoms with Gasteiger partial charge in [-0.3, -0.25) is 0 Å². The maximum Gasteiger partial charge on any atom is -0.00966 e. The largest absolute Gasteiger partial charge is 0.0560 e. The summed E-state index contributed by atoms with van der Waals surface area (Å²) in [6.07, 6.45) is 0. The average molecular weight is 301 g/mol. The molecule has 0 radical (unpaired) electrons. The molecule has 0 aromatic rings. The molecule has 0 N–H and O–H groups in total. The molecule has 0 saturated carbocycles. The summed E-state index contributed by atoms with van der Waals surface area (Å²) in [4.78, 5) is 0. The fourth-order valence-corrected chi connectivity index (χ4v) is 4.12. The minimum Gasteiger partial charge on any atom is -0.0560 e. The summed E-state index contributed by atoms with van der Waals surface area (Å²) < 4.78 is 0. The van der Waals surface area contributed by atoms with E-state index in [0.29, 0.717) is 0 Å². The van der Waals surface area contributed by atoms with E-state index in [1.54, 1.807) is 32.7 Å². The lowest BCUT2D eigenvalue weighted by atomic mass is 9.58. The van der Waals surface area contributed by atoms with Crippen LogP contribution in [0.1, 0.15) is 105 Å². The molecule has 0 amide bonds. The Labute approximate surface area is 138 Å². The minimum absolute atomic E-state index is 0.224. The lowest BCUT2D eigenvalue weighted by Crippen LogP contribution is -2.37. The second-order valence-corrected chi connectivity index (χ2v) is 11.2. The molecule has 2 rings (SSSR count). The first-order chi connectivity index (χ1) is 9.49. The highest BCUT2D eigenvalue weighted by molar-refractivity contribution is 5.62. The van der Waals surface area contributed by atoms with Crippen LogP contribution in [-0.2, 0) is 21.7 Å². The molecule has 0 spiro atoms. The van der Waals surface area contributed by atoms with Crippen molar-refractivity contribution in [2.45, 2.75) is 105 Å². The van der Waals surface area contributed by atoms with Gasteiger partial charge in [0.05, 0.1) is 0 Å². The van der Waals surface area contributed by atoms with Crippen LogP contribution in [0.15, 0.2) is 0 Å². The highest BCUT2D eigenvalue weighted by atomic mass is 14.5. The molecule has 0 bridgehead atoms. The molecular formula is C22H36. The Bertz CT molecular complexity index is 580. The summed E-state index contributed by atoms with van der Waals surface area (Å²) >= 11 is 0. The molecule has 0 atom stereocenters. The molecule has 0 unspecified atom stereocenters. The van der Waals surface area contributed by atoms with Crippen molar-refractivity contribution < 1.29 is 0 Å². The Balaban J connectivity index is 2.94. The highest BCUT2D eigenvalue weighted by Crippen LogP contribution is 2.51. The highest BCUT2D eigenvalue weighted by Gasteiger charge is 2.42. The lowest BCUT2D eigenvalue weighted by molar-refractivity contribution is 0.470. The van der Waals surface area contributed by atoms with Crippen molar-refractivity contribution in [2.24, 2.45) is 0 Å². The molecule has 2 aliphatic carbocycles. The van der Waals surface area contributed by atoms with E-state index in [1.807, 2.05) is 0 Å². The fourth-order valence-electron chi connectivity index (χ4n) is 4.12. The predicted molar refractivity (Wildman–Crippen MR) is 98.9 cm³/mol. The molecule has 0 aromatic carbocycles. The van der Waals surface area contributed by atoms with Crippen molar-refractivity contribution >= 4 is 0 Å². The molecule has 0 heterocycles. The van der Waals surface area contributed by atoms with Gasteiger partial charge in [0, 0.05) is 0 Å². The van der Waals surface area contributed by atoms with Gasteiger partial charge in [-0.2, -0.15) is 0 Å². The van der Waals surface area contributed by atoms with Gasteiger partial charge in [0.15, 0.2) is 0 Å². The molecule has 0 aromatic heterocycles. The maximum absolute atomic E-state index is 2.37. The zero-order valence-electron chi connectivity index (χ0n) is 17.0. The van der Waals surface area contributed by atoms with E-state index >= 15 is 0 Å². The number of hydrogen-bond acceptors (Lipinski definition) is 0. The van der Waals surface area contributed by atoms with Gasteiger partial charge in [0.25, 0.3) is 0 Å². The quantitative estimate of drug-likeness (QED) is 0.522. The van der Waals surface area contributed by atoms with Crippen LogP contribution < -0.4 is 0 Å². The lowest BCUT2D eigenvalue weighted by Gasteiger charge is -2.45. The van der Waals surface area contributed by atoms with Crippen LogP contribution >= 0.6 is 0 Å². The summed E-state index contributed by atoms with van der Waals surface area (Å²) in [5.41, 5.74) is 7.37. The van der Waals surface area contributed by atoms with E-state index in [2.05, 4.69) is 83.1 Å². The fraction of sp³-hybridized carbons (Fsp3) is 0.727. The predicted octanol–water partition coefficient (Wildman–Crippen LogP) is 6.48. The monoisotopic (exact) mass is 300 g/mol. The third kappa shape index (κ3) is 2.43. The van der Waals surface area contributed by atoms with Crippen LogP contribution in [0.4, 0.5) is 0 Å². The van der Waals surface area contributed by atoms with E-state index < -0.39 is 0 Å². The van der Waals surface area contributed by atoms with Gasteiger partial charge in [0.1, 0.15) is 0 Å². The van der Waals surface area contributed by atoms with E-state index in [-0.39, 0.29) is 21.7 Å². The third-order valence-electron chi connectivity index (χ3n) is 4.75. The number of benzene rings is 1. The zero-order valence-corrected chi connectivity index (χ0v) is 17.0. The average Bonchev–Trinajstić information content (AvgIpc) is 2.11. The minimum atomic E-state index is 0.224. The molecule has 0 aliphatic heterocycles. The molecule has 0 heteroatoms. The van der Waals surface area contributed by atoms with Crippen molar-refractivity contribution in [1.29, 1.82) is 0 Å². The summed E-state index contributed by atoms with van der Waals surface area (Å²) in [7, 11) is 0. The van der Waals surface area contributed by atoms with Gasteiger partial charge in [-0.05, 0) is 54.4 Å². The Morgan fingerprint density at radius 2 is 0.455 bits per heavy atom. The Hall–Kier alpha value is -0.780. The van der Waals surface area contributed by atoms with Crippen molar-refractivity contribution in [1.82, 2.24) is 0 Å².